The predicted octanol–water partition coefficient (Wildman–Crippen LogP) is 3.10. The van der Waals surface area contributed by atoms with E-state index < -0.39 is 0 Å². The third-order valence-corrected chi connectivity index (χ3v) is 4.08. The number of nitrogens with two attached hydrogens (primary N) is 1. The topological polar surface area (TPSA) is 59.5 Å². The van der Waals surface area contributed by atoms with Crippen molar-refractivity contribution in [3.05, 3.63) is 23.7 Å². The second kappa shape index (κ2) is 7.48. The van der Waals surface area contributed by atoms with Crippen molar-refractivity contribution in [3.8, 4) is 0 Å². The minimum absolute atomic E-state index is 0.0263. The van der Waals surface area contributed by atoms with Crippen molar-refractivity contribution in [1.82, 2.24) is 4.90 Å². The second-order valence-electron chi connectivity index (χ2n) is 5.70. The van der Waals surface area contributed by atoms with Gasteiger partial charge < -0.3 is 15.1 Å². The smallest absolute Gasteiger partial charge is 0.289 e. The fourth-order valence-corrected chi connectivity index (χ4v) is 2.97. The fourth-order valence-electron chi connectivity index (χ4n) is 2.97. The highest BCUT2D eigenvalue weighted by Crippen LogP contribution is 2.24. The molecule has 0 aliphatic heterocycles. The van der Waals surface area contributed by atoms with E-state index in [-0.39, 0.29) is 5.91 Å². The molecule has 1 saturated carbocycles. The quantitative estimate of drug-likeness (QED) is 0.842. The molecule has 1 fully saturated rings. The summed E-state index contributed by atoms with van der Waals surface area (Å²) in [5.41, 5.74) is 5.62. The van der Waals surface area contributed by atoms with Crippen LogP contribution >= 0.6 is 0 Å². The molecule has 0 radical (unpaired) electrons. The van der Waals surface area contributed by atoms with Gasteiger partial charge in [0.05, 0.1) is 0 Å². The minimum Gasteiger partial charge on any atom is -0.456 e. The molecule has 20 heavy (non-hydrogen) atoms. The highest BCUT2D eigenvalue weighted by Gasteiger charge is 2.26. The molecule has 0 atom stereocenters. The van der Waals surface area contributed by atoms with E-state index >= 15 is 0 Å². The Morgan fingerprint density at radius 1 is 1.30 bits per heavy atom. The van der Waals surface area contributed by atoms with Crippen LogP contribution in [-0.2, 0) is 0 Å². The minimum atomic E-state index is 0.0263. The predicted molar refractivity (Wildman–Crippen MR) is 79.6 cm³/mol. The molecule has 0 aromatic carbocycles. The van der Waals surface area contributed by atoms with E-state index in [1.165, 1.54) is 25.7 Å². The number of nitrogens with zero attached hydrogens (tertiary/aromatic N) is 1. The summed E-state index contributed by atoms with van der Waals surface area (Å²) in [7, 11) is 0. The van der Waals surface area contributed by atoms with Gasteiger partial charge in [-0.05, 0) is 44.9 Å². The van der Waals surface area contributed by atoms with Gasteiger partial charge in [-0.2, -0.15) is 0 Å². The normalized spacial score (nSPS) is 16.9. The number of rotatable bonds is 5. The van der Waals surface area contributed by atoms with Crippen LogP contribution in [0, 0.1) is 6.92 Å². The molecule has 0 bridgehead atoms. The molecule has 2 rings (SSSR count). The summed E-state index contributed by atoms with van der Waals surface area (Å²) in [6.45, 7) is 3.22. The molecule has 2 N–H and O–H groups in total. The van der Waals surface area contributed by atoms with E-state index in [1.54, 1.807) is 6.07 Å². The SMILES string of the molecule is Cc1ccc(C(=O)N(CCCN)C2CCCCCC2)o1. The van der Waals surface area contributed by atoms with E-state index in [4.69, 9.17) is 10.2 Å². The molecule has 1 heterocycles. The van der Waals surface area contributed by atoms with E-state index in [0.29, 0.717) is 18.3 Å². The van der Waals surface area contributed by atoms with Gasteiger partial charge in [-0.15, -0.1) is 0 Å². The van der Waals surface area contributed by atoms with E-state index in [2.05, 4.69) is 0 Å². The highest BCUT2D eigenvalue weighted by molar-refractivity contribution is 5.91. The third-order valence-electron chi connectivity index (χ3n) is 4.08. The van der Waals surface area contributed by atoms with Gasteiger partial charge in [-0.1, -0.05) is 25.7 Å². The lowest BCUT2D eigenvalue weighted by atomic mass is 10.1. The van der Waals surface area contributed by atoms with Gasteiger partial charge in [-0.3, -0.25) is 4.79 Å². The van der Waals surface area contributed by atoms with Crippen LogP contribution in [0.15, 0.2) is 16.5 Å². The molecule has 0 spiro atoms. The number of carbonyl (C=O) groups is 1. The third kappa shape index (κ3) is 3.85. The van der Waals surface area contributed by atoms with Crippen molar-refractivity contribution < 1.29 is 9.21 Å². The zero-order valence-electron chi connectivity index (χ0n) is 12.4. The highest BCUT2D eigenvalue weighted by atomic mass is 16.3. The maximum absolute atomic E-state index is 12.7. The van der Waals surface area contributed by atoms with Crippen LogP contribution in [-0.4, -0.2) is 29.9 Å². The van der Waals surface area contributed by atoms with Gasteiger partial charge in [0.2, 0.25) is 0 Å². The van der Waals surface area contributed by atoms with Crippen LogP contribution in [0.1, 0.15) is 61.3 Å². The first-order chi connectivity index (χ1) is 9.72. The first-order valence-electron chi connectivity index (χ1n) is 7.80. The summed E-state index contributed by atoms with van der Waals surface area (Å²) in [6, 6.07) is 3.98. The van der Waals surface area contributed by atoms with Gasteiger partial charge in [0.15, 0.2) is 5.76 Å². The molecular weight excluding hydrogens is 252 g/mol. The zero-order valence-corrected chi connectivity index (χ0v) is 12.4. The van der Waals surface area contributed by atoms with Crippen LogP contribution in [0.25, 0.3) is 0 Å². The standard InChI is InChI=1S/C16H26N2O2/c1-13-9-10-15(20-13)16(19)18(12-6-11-17)14-7-4-2-3-5-8-14/h9-10,14H,2-8,11-12,17H2,1H3. The molecular formula is C16H26N2O2. The summed E-state index contributed by atoms with van der Waals surface area (Å²) in [6.07, 6.45) is 8.07. The van der Waals surface area contributed by atoms with Gasteiger partial charge in [0.1, 0.15) is 5.76 Å². The second-order valence-corrected chi connectivity index (χ2v) is 5.70. The summed E-state index contributed by atoms with van der Waals surface area (Å²) in [5.74, 6) is 1.27. The Morgan fingerprint density at radius 2 is 2.00 bits per heavy atom. The van der Waals surface area contributed by atoms with Crippen LogP contribution in [0.2, 0.25) is 0 Å². The molecule has 0 saturated heterocycles. The summed E-state index contributed by atoms with van der Waals surface area (Å²) >= 11 is 0. The lowest BCUT2D eigenvalue weighted by Crippen LogP contribution is -2.41. The number of carbonyl (C=O) groups excluding carboxylic acids is 1. The number of aryl methyl sites for hydroxylation is 1. The number of hydrogen-bond acceptors (Lipinski definition) is 3. The molecule has 1 amide bonds. The number of furan rings is 1. The Kier molecular flexibility index (Phi) is 5.65. The van der Waals surface area contributed by atoms with Crippen LogP contribution in [0.3, 0.4) is 0 Å². The number of hydrogen-bond donors (Lipinski definition) is 1. The molecule has 1 aromatic heterocycles. The molecule has 4 nitrogen and oxygen atoms in total. The van der Waals surface area contributed by atoms with Crippen molar-refractivity contribution in [2.75, 3.05) is 13.1 Å². The Bertz CT molecular complexity index is 420. The Morgan fingerprint density at radius 3 is 2.55 bits per heavy atom. The summed E-state index contributed by atoms with van der Waals surface area (Å²) in [4.78, 5) is 14.7. The Hall–Kier alpha value is -1.29. The summed E-state index contributed by atoms with van der Waals surface area (Å²) < 4.78 is 5.51. The van der Waals surface area contributed by atoms with Crippen molar-refractivity contribution >= 4 is 5.91 Å². The van der Waals surface area contributed by atoms with Crippen molar-refractivity contribution in [2.24, 2.45) is 5.73 Å². The lowest BCUT2D eigenvalue weighted by Gasteiger charge is -2.30. The van der Waals surface area contributed by atoms with Crippen molar-refractivity contribution in [1.29, 1.82) is 0 Å². The molecule has 0 unspecified atom stereocenters. The van der Waals surface area contributed by atoms with Crippen molar-refractivity contribution in [3.63, 3.8) is 0 Å². The molecule has 1 aliphatic rings. The van der Waals surface area contributed by atoms with Gasteiger partial charge in [0, 0.05) is 12.6 Å². The average Bonchev–Trinajstić information content (AvgIpc) is 2.72. The van der Waals surface area contributed by atoms with Crippen molar-refractivity contribution in [2.45, 2.75) is 57.9 Å². The number of amides is 1. The van der Waals surface area contributed by atoms with Crippen LogP contribution < -0.4 is 5.73 Å². The maximum Gasteiger partial charge on any atom is 0.289 e. The van der Waals surface area contributed by atoms with Crippen LogP contribution in [0.4, 0.5) is 0 Å². The lowest BCUT2D eigenvalue weighted by molar-refractivity contribution is 0.0625. The average molecular weight is 278 g/mol. The molecule has 112 valence electrons. The van der Waals surface area contributed by atoms with E-state index in [0.717, 1.165) is 31.6 Å². The van der Waals surface area contributed by atoms with Gasteiger partial charge in [-0.25, -0.2) is 0 Å². The first-order valence-corrected chi connectivity index (χ1v) is 7.80. The first kappa shape index (κ1) is 15.1. The molecule has 1 aliphatic carbocycles. The Balaban J connectivity index is 2.10. The van der Waals surface area contributed by atoms with E-state index in [9.17, 15) is 4.79 Å². The molecule has 4 heteroatoms. The fraction of sp³-hybridized carbons (Fsp3) is 0.688. The van der Waals surface area contributed by atoms with Gasteiger partial charge >= 0.3 is 0 Å². The van der Waals surface area contributed by atoms with Gasteiger partial charge in [0.25, 0.3) is 5.91 Å². The maximum atomic E-state index is 12.7. The van der Waals surface area contributed by atoms with E-state index in [1.807, 2.05) is 17.9 Å². The zero-order chi connectivity index (χ0) is 14.4. The summed E-state index contributed by atoms with van der Waals surface area (Å²) in [5, 5.41) is 0. The Labute approximate surface area is 121 Å². The largest absolute Gasteiger partial charge is 0.456 e. The molecule has 1 aromatic rings. The monoisotopic (exact) mass is 278 g/mol. The van der Waals surface area contributed by atoms with Crippen LogP contribution in [0.5, 0.6) is 0 Å².